The van der Waals surface area contributed by atoms with Crippen LogP contribution in [0.5, 0.6) is 0 Å². The quantitative estimate of drug-likeness (QED) is 0.667. The summed E-state index contributed by atoms with van der Waals surface area (Å²) in [6.07, 6.45) is 12.7. The molecule has 2 aliphatic carbocycles. The molecule has 0 heterocycles. The molecular formula is C11H21NS. The van der Waals surface area contributed by atoms with Crippen molar-refractivity contribution in [3.05, 3.63) is 0 Å². The minimum atomic E-state index is 0.792. The average molecular weight is 199 g/mol. The molecule has 0 spiro atoms. The standard InChI is InChI=1S/C11H21NS/c13-12(11-8-4-5-9-11)10-6-2-1-3-7-10/h10-11,13H,1-9H2. The molecule has 2 aliphatic rings. The number of nitrogens with zero attached hydrogens (tertiary/aromatic N) is 1. The molecule has 0 bridgehead atoms. The van der Waals surface area contributed by atoms with Crippen LogP contribution in [0.15, 0.2) is 0 Å². The fourth-order valence-electron chi connectivity index (χ4n) is 2.81. The van der Waals surface area contributed by atoms with E-state index in [1.807, 2.05) is 0 Å². The monoisotopic (exact) mass is 199 g/mol. The van der Waals surface area contributed by atoms with E-state index in [1.54, 1.807) is 0 Å². The maximum Gasteiger partial charge on any atom is 0.0203 e. The summed E-state index contributed by atoms with van der Waals surface area (Å²) in [7, 11) is 0. The lowest BCUT2D eigenvalue weighted by molar-refractivity contribution is 0.224. The van der Waals surface area contributed by atoms with Crippen LogP contribution in [0, 0.1) is 0 Å². The summed E-state index contributed by atoms with van der Waals surface area (Å²) in [5.74, 6) is 0. The first-order valence-corrected chi connectivity index (χ1v) is 6.25. The van der Waals surface area contributed by atoms with Gasteiger partial charge >= 0.3 is 0 Å². The third-order valence-electron chi connectivity index (χ3n) is 3.65. The predicted molar refractivity (Wildman–Crippen MR) is 60.0 cm³/mol. The second kappa shape index (κ2) is 4.70. The van der Waals surface area contributed by atoms with Gasteiger partial charge in [-0.05, 0) is 25.7 Å². The van der Waals surface area contributed by atoms with Crippen LogP contribution in [-0.2, 0) is 0 Å². The first-order valence-electron chi connectivity index (χ1n) is 5.85. The van der Waals surface area contributed by atoms with E-state index in [0.29, 0.717) is 0 Å². The fourth-order valence-corrected chi connectivity index (χ4v) is 3.27. The molecule has 0 atom stereocenters. The first-order chi connectivity index (χ1) is 6.38. The predicted octanol–water partition coefficient (Wildman–Crippen LogP) is 3.41. The van der Waals surface area contributed by atoms with Crippen LogP contribution in [0.2, 0.25) is 0 Å². The molecule has 0 aromatic heterocycles. The van der Waals surface area contributed by atoms with Crippen molar-refractivity contribution in [1.82, 2.24) is 4.31 Å². The molecule has 0 aliphatic heterocycles. The van der Waals surface area contributed by atoms with Crippen molar-refractivity contribution < 1.29 is 0 Å². The minimum Gasteiger partial charge on any atom is -0.247 e. The molecule has 2 fully saturated rings. The average Bonchev–Trinajstić information content (AvgIpc) is 2.71. The van der Waals surface area contributed by atoms with Gasteiger partial charge in [0.05, 0.1) is 0 Å². The van der Waals surface area contributed by atoms with Gasteiger partial charge in [-0.1, -0.05) is 44.9 Å². The van der Waals surface area contributed by atoms with Gasteiger partial charge in [-0.2, -0.15) is 0 Å². The topological polar surface area (TPSA) is 3.24 Å². The van der Waals surface area contributed by atoms with Crippen molar-refractivity contribution >= 4 is 12.8 Å². The van der Waals surface area contributed by atoms with Gasteiger partial charge in [0.2, 0.25) is 0 Å². The summed E-state index contributed by atoms with van der Waals surface area (Å²) < 4.78 is 2.40. The van der Waals surface area contributed by atoms with Crippen LogP contribution in [-0.4, -0.2) is 16.4 Å². The molecule has 2 saturated carbocycles. The van der Waals surface area contributed by atoms with Gasteiger partial charge in [-0.3, -0.25) is 0 Å². The number of hydrogen-bond donors (Lipinski definition) is 1. The normalized spacial score (nSPS) is 27.2. The van der Waals surface area contributed by atoms with Gasteiger partial charge in [0, 0.05) is 12.1 Å². The first kappa shape index (κ1) is 9.85. The molecule has 2 rings (SSSR count). The van der Waals surface area contributed by atoms with Gasteiger partial charge < -0.3 is 0 Å². The molecule has 13 heavy (non-hydrogen) atoms. The molecule has 0 N–H and O–H groups in total. The summed E-state index contributed by atoms with van der Waals surface area (Å²) in [6, 6.07) is 1.59. The van der Waals surface area contributed by atoms with Gasteiger partial charge in [-0.25, -0.2) is 4.31 Å². The zero-order chi connectivity index (χ0) is 9.10. The Bertz CT molecular complexity index is 148. The molecule has 0 aromatic carbocycles. The lowest BCUT2D eigenvalue weighted by Crippen LogP contribution is -2.36. The van der Waals surface area contributed by atoms with E-state index < -0.39 is 0 Å². The largest absolute Gasteiger partial charge is 0.247 e. The number of rotatable bonds is 2. The van der Waals surface area contributed by atoms with Crippen molar-refractivity contribution in [2.75, 3.05) is 0 Å². The van der Waals surface area contributed by atoms with Crippen molar-refractivity contribution in [3.8, 4) is 0 Å². The molecule has 0 radical (unpaired) electrons. The Hall–Kier alpha value is 0.310. The van der Waals surface area contributed by atoms with E-state index >= 15 is 0 Å². The van der Waals surface area contributed by atoms with Crippen molar-refractivity contribution in [3.63, 3.8) is 0 Å². The van der Waals surface area contributed by atoms with Crippen LogP contribution in [0.1, 0.15) is 57.8 Å². The van der Waals surface area contributed by atoms with Crippen molar-refractivity contribution in [1.29, 1.82) is 0 Å². The van der Waals surface area contributed by atoms with Crippen LogP contribution in [0.25, 0.3) is 0 Å². The molecule has 1 nitrogen and oxygen atoms in total. The Morgan fingerprint density at radius 1 is 0.692 bits per heavy atom. The Morgan fingerprint density at radius 2 is 1.08 bits per heavy atom. The third kappa shape index (κ3) is 2.41. The van der Waals surface area contributed by atoms with Crippen LogP contribution >= 0.6 is 12.8 Å². The molecular weight excluding hydrogens is 178 g/mol. The lowest BCUT2D eigenvalue weighted by Gasteiger charge is -2.34. The number of hydrogen-bond acceptors (Lipinski definition) is 2. The molecule has 0 saturated heterocycles. The Balaban J connectivity index is 1.83. The van der Waals surface area contributed by atoms with Crippen molar-refractivity contribution in [2.24, 2.45) is 0 Å². The zero-order valence-electron chi connectivity index (χ0n) is 8.41. The molecule has 0 unspecified atom stereocenters. The lowest BCUT2D eigenvalue weighted by atomic mass is 9.94. The maximum absolute atomic E-state index is 4.70. The number of thiol groups is 1. The highest BCUT2D eigenvalue weighted by Gasteiger charge is 2.27. The third-order valence-corrected chi connectivity index (χ3v) is 4.30. The summed E-state index contributed by atoms with van der Waals surface area (Å²) in [5, 5.41) is 0. The van der Waals surface area contributed by atoms with Crippen LogP contribution in [0.4, 0.5) is 0 Å². The summed E-state index contributed by atoms with van der Waals surface area (Å²) in [4.78, 5) is 0. The highest BCUT2D eigenvalue weighted by atomic mass is 32.1. The van der Waals surface area contributed by atoms with Crippen LogP contribution in [0.3, 0.4) is 0 Å². The van der Waals surface area contributed by atoms with Gasteiger partial charge in [0.1, 0.15) is 0 Å². The van der Waals surface area contributed by atoms with E-state index in [4.69, 9.17) is 12.8 Å². The van der Waals surface area contributed by atoms with Gasteiger partial charge in [0.25, 0.3) is 0 Å². The summed E-state index contributed by atoms with van der Waals surface area (Å²) >= 11 is 4.70. The second-order valence-electron chi connectivity index (χ2n) is 4.61. The minimum absolute atomic E-state index is 0.792. The SMILES string of the molecule is SN(C1CCCCC1)C1CCCC1. The van der Waals surface area contributed by atoms with Crippen molar-refractivity contribution in [2.45, 2.75) is 69.9 Å². The molecule has 76 valence electrons. The van der Waals surface area contributed by atoms with Crippen LogP contribution < -0.4 is 0 Å². The molecule has 2 heteroatoms. The zero-order valence-corrected chi connectivity index (χ0v) is 9.31. The smallest absolute Gasteiger partial charge is 0.0203 e. The highest BCUT2D eigenvalue weighted by Crippen LogP contribution is 2.31. The summed E-state index contributed by atoms with van der Waals surface area (Å²) in [5.41, 5.74) is 0. The van der Waals surface area contributed by atoms with E-state index in [0.717, 1.165) is 12.1 Å². The highest BCUT2D eigenvalue weighted by molar-refractivity contribution is 7.77. The molecule has 0 aromatic rings. The van der Waals surface area contributed by atoms with Gasteiger partial charge in [-0.15, -0.1) is 0 Å². The van der Waals surface area contributed by atoms with E-state index in [-0.39, 0.29) is 0 Å². The second-order valence-corrected chi connectivity index (χ2v) is 5.07. The fraction of sp³-hybridized carbons (Fsp3) is 1.00. The Morgan fingerprint density at radius 3 is 1.54 bits per heavy atom. The Labute approximate surface area is 87.4 Å². The maximum atomic E-state index is 4.70. The Kier molecular flexibility index (Phi) is 3.56. The van der Waals surface area contributed by atoms with E-state index in [1.165, 1.54) is 57.8 Å². The van der Waals surface area contributed by atoms with E-state index in [2.05, 4.69) is 4.31 Å². The summed E-state index contributed by atoms with van der Waals surface area (Å²) in [6.45, 7) is 0. The van der Waals surface area contributed by atoms with E-state index in [9.17, 15) is 0 Å². The van der Waals surface area contributed by atoms with Gasteiger partial charge in [0.15, 0.2) is 0 Å². The molecule has 0 amide bonds.